The second-order valence-electron chi connectivity index (χ2n) is 5.64. The molecule has 0 atom stereocenters. The zero-order valence-corrected chi connectivity index (χ0v) is 14.1. The smallest absolute Gasteiger partial charge is 0.246 e. The molecule has 3 heterocycles. The summed E-state index contributed by atoms with van der Waals surface area (Å²) in [5.74, 6) is 0.000484. The molecule has 0 fully saturated rings. The van der Waals surface area contributed by atoms with E-state index >= 15 is 0 Å². The third-order valence-electron chi connectivity index (χ3n) is 3.49. The fraction of sp³-hybridized carbons (Fsp3) is 0.167. The molecule has 0 aliphatic carbocycles. The lowest BCUT2D eigenvalue weighted by molar-refractivity contribution is 0.104. The van der Waals surface area contributed by atoms with E-state index in [1.54, 1.807) is 13.0 Å². The number of oxazole rings is 1. The van der Waals surface area contributed by atoms with E-state index in [1.807, 2.05) is 26.0 Å². The Morgan fingerprint density at radius 3 is 2.64 bits per heavy atom. The topological polar surface area (TPSA) is 108 Å². The van der Waals surface area contributed by atoms with Gasteiger partial charge >= 0.3 is 0 Å². The van der Waals surface area contributed by atoms with E-state index in [0.29, 0.717) is 23.0 Å². The second kappa shape index (κ2) is 6.64. The Hall–Kier alpha value is -3.35. The molecule has 7 nitrogen and oxygen atoms in total. The number of allylic oxidation sites excluding steroid dienone is 1. The Kier molecular flexibility index (Phi) is 4.38. The fourth-order valence-electron chi connectivity index (χ4n) is 2.45. The van der Waals surface area contributed by atoms with Gasteiger partial charge in [-0.05, 0) is 50.6 Å². The third-order valence-corrected chi connectivity index (χ3v) is 3.49. The van der Waals surface area contributed by atoms with Gasteiger partial charge in [0.2, 0.25) is 11.7 Å². The second-order valence-corrected chi connectivity index (χ2v) is 5.64. The monoisotopic (exact) mass is 335 g/mol. The number of nitrogens with zero attached hydrogens (tertiary/aromatic N) is 4. The highest BCUT2D eigenvalue weighted by molar-refractivity contribution is 6.08. The number of nitrogens with two attached hydrogens (primary N) is 1. The molecule has 2 N–H and O–H groups in total. The van der Waals surface area contributed by atoms with E-state index in [1.165, 1.54) is 18.5 Å². The van der Waals surface area contributed by atoms with E-state index in [9.17, 15) is 4.79 Å². The molecule has 0 aliphatic heterocycles. The highest BCUT2D eigenvalue weighted by Crippen LogP contribution is 2.21. The van der Waals surface area contributed by atoms with Gasteiger partial charge in [0.25, 0.3) is 0 Å². The highest BCUT2D eigenvalue weighted by Gasteiger charge is 2.17. The normalized spacial score (nSPS) is 11.2. The van der Waals surface area contributed by atoms with Crippen LogP contribution in [0.25, 0.3) is 17.7 Å². The first kappa shape index (κ1) is 16.5. The van der Waals surface area contributed by atoms with Gasteiger partial charge in [-0.1, -0.05) is 0 Å². The average molecular weight is 335 g/mol. The predicted octanol–water partition coefficient (Wildman–Crippen LogP) is 2.93. The minimum atomic E-state index is -0.340. The van der Waals surface area contributed by atoms with Crippen molar-refractivity contribution in [2.75, 3.05) is 5.73 Å². The van der Waals surface area contributed by atoms with Crippen LogP contribution in [-0.2, 0) is 0 Å². The Labute approximate surface area is 144 Å². The molecular formula is C18H17N5O2. The maximum absolute atomic E-state index is 12.4. The molecule has 3 aromatic heterocycles. The summed E-state index contributed by atoms with van der Waals surface area (Å²) in [6, 6.07) is 3.86. The molecule has 0 saturated carbocycles. The van der Waals surface area contributed by atoms with Crippen molar-refractivity contribution < 1.29 is 9.21 Å². The molecule has 0 unspecified atom stereocenters. The van der Waals surface area contributed by atoms with Crippen LogP contribution in [0.5, 0.6) is 0 Å². The van der Waals surface area contributed by atoms with Crippen LogP contribution in [0, 0.1) is 20.8 Å². The molecule has 0 saturated heterocycles. The van der Waals surface area contributed by atoms with Crippen molar-refractivity contribution in [2.45, 2.75) is 20.8 Å². The van der Waals surface area contributed by atoms with Gasteiger partial charge in [0, 0.05) is 5.69 Å². The lowest BCUT2D eigenvalue weighted by atomic mass is 10.1. The van der Waals surface area contributed by atoms with Crippen LogP contribution in [0.2, 0.25) is 0 Å². The summed E-state index contributed by atoms with van der Waals surface area (Å²) in [5, 5.41) is 0. The maximum Gasteiger partial charge on any atom is 0.246 e. The van der Waals surface area contributed by atoms with Gasteiger partial charge < -0.3 is 10.2 Å². The molecule has 25 heavy (non-hydrogen) atoms. The molecule has 0 bridgehead atoms. The van der Waals surface area contributed by atoms with Crippen molar-refractivity contribution in [1.82, 2.24) is 19.9 Å². The van der Waals surface area contributed by atoms with Crippen LogP contribution in [-0.4, -0.2) is 25.7 Å². The largest absolute Gasteiger partial charge is 0.443 e. The summed E-state index contributed by atoms with van der Waals surface area (Å²) in [7, 11) is 0. The van der Waals surface area contributed by atoms with Crippen LogP contribution < -0.4 is 5.73 Å². The van der Waals surface area contributed by atoms with E-state index in [-0.39, 0.29) is 17.3 Å². The van der Waals surface area contributed by atoms with Crippen molar-refractivity contribution in [3.8, 4) is 11.6 Å². The first-order valence-electron chi connectivity index (χ1n) is 7.65. The standard InChI is InChI=1S/C18H17N5O2/c1-10-8-11(2)21-13(9-10)4-5-14(24)16-17(19)23-15(12(3)22-16)18-20-6-7-25-18/h4-9H,1-3H3,(H2,19,23)/b5-4+. The number of ketones is 1. The van der Waals surface area contributed by atoms with Crippen molar-refractivity contribution in [3.63, 3.8) is 0 Å². The molecule has 126 valence electrons. The predicted molar refractivity (Wildman–Crippen MR) is 93.8 cm³/mol. The number of anilines is 1. The van der Waals surface area contributed by atoms with Gasteiger partial charge in [0.15, 0.2) is 11.5 Å². The highest BCUT2D eigenvalue weighted by atomic mass is 16.3. The molecule has 0 radical (unpaired) electrons. The minimum Gasteiger partial charge on any atom is -0.443 e. The number of rotatable bonds is 4. The number of aryl methyl sites for hydroxylation is 3. The molecule has 3 aromatic rings. The van der Waals surface area contributed by atoms with E-state index in [4.69, 9.17) is 10.2 Å². The molecule has 0 amide bonds. The number of carbonyl (C=O) groups excluding carboxylic acids is 1. The Balaban J connectivity index is 1.90. The van der Waals surface area contributed by atoms with Gasteiger partial charge in [-0.15, -0.1) is 0 Å². The number of carbonyl (C=O) groups is 1. The molecule has 0 spiro atoms. The molecule has 7 heteroatoms. The van der Waals surface area contributed by atoms with Crippen LogP contribution in [0.3, 0.4) is 0 Å². The van der Waals surface area contributed by atoms with Crippen molar-refractivity contribution in [3.05, 3.63) is 59.0 Å². The maximum atomic E-state index is 12.4. The first-order chi connectivity index (χ1) is 11.9. The zero-order chi connectivity index (χ0) is 18.0. The Morgan fingerprint density at radius 1 is 1.16 bits per heavy atom. The van der Waals surface area contributed by atoms with Crippen molar-refractivity contribution >= 4 is 17.7 Å². The fourth-order valence-corrected chi connectivity index (χ4v) is 2.45. The van der Waals surface area contributed by atoms with Crippen LogP contribution in [0.1, 0.15) is 33.1 Å². The van der Waals surface area contributed by atoms with Gasteiger partial charge in [-0.2, -0.15) is 0 Å². The van der Waals surface area contributed by atoms with Crippen LogP contribution in [0.4, 0.5) is 5.82 Å². The number of nitrogen functional groups attached to an aromatic ring is 1. The third kappa shape index (κ3) is 3.60. The number of hydrogen-bond acceptors (Lipinski definition) is 7. The summed E-state index contributed by atoms with van der Waals surface area (Å²) in [5.41, 5.74) is 9.58. The summed E-state index contributed by atoms with van der Waals surface area (Å²) in [6.07, 6.45) is 5.98. The van der Waals surface area contributed by atoms with Gasteiger partial charge in [0.1, 0.15) is 12.0 Å². The van der Waals surface area contributed by atoms with E-state index < -0.39 is 0 Å². The van der Waals surface area contributed by atoms with Crippen molar-refractivity contribution in [2.24, 2.45) is 0 Å². The first-order valence-corrected chi connectivity index (χ1v) is 7.65. The SMILES string of the molecule is Cc1cc(C)nc(/C=C/C(=O)c2nc(C)c(-c3ncco3)nc2N)c1. The van der Waals surface area contributed by atoms with Gasteiger partial charge in [0.05, 0.1) is 17.6 Å². The summed E-state index contributed by atoms with van der Waals surface area (Å²) in [4.78, 5) is 29.3. The molecule has 3 rings (SSSR count). The summed E-state index contributed by atoms with van der Waals surface area (Å²) < 4.78 is 5.21. The van der Waals surface area contributed by atoms with E-state index in [0.717, 1.165) is 11.3 Å². The molecule has 0 aliphatic rings. The molecular weight excluding hydrogens is 318 g/mol. The average Bonchev–Trinajstić information content (AvgIpc) is 3.07. The quantitative estimate of drug-likeness (QED) is 0.577. The van der Waals surface area contributed by atoms with Crippen LogP contribution >= 0.6 is 0 Å². The minimum absolute atomic E-state index is 0.0295. The van der Waals surface area contributed by atoms with Gasteiger partial charge in [-0.3, -0.25) is 9.78 Å². The van der Waals surface area contributed by atoms with Gasteiger partial charge in [-0.25, -0.2) is 15.0 Å². The Bertz CT molecular complexity index is 942. The number of aromatic nitrogens is 4. The van der Waals surface area contributed by atoms with Crippen LogP contribution in [0.15, 0.2) is 35.1 Å². The zero-order valence-electron chi connectivity index (χ0n) is 14.1. The van der Waals surface area contributed by atoms with Crippen molar-refractivity contribution in [1.29, 1.82) is 0 Å². The summed E-state index contributed by atoms with van der Waals surface area (Å²) in [6.45, 7) is 5.60. The van der Waals surface area contributed by atoms with E-state index in [2.05, 4.69) is 19.9 Å². The lowest BCUT2D eigenvalue weighted by Gasteiger charge is -2.05. The Morgan fingerprint density at radius 2 is 1.96 bits per heavy atom. The molecule has 0 aromatic carbocycles. The number of pyridine rings is 1. The number of hydrogen-bond donors (Lipinski definition) is 1. The lowest BCUT2D eigenvalue weighted by Crippen LogP contribution is -2.09. The summed E-state index contributed by atoms with van der Waals surface area (Å²) >= 11 is 0.